The lowest BCUT2D eigenvalue weighted by atomic mass is 10.1. The number of nitrogens with zero attached hydrogens (tertiary/aromatic N) is 1. The van der Waals surface area contributed by atoms with E-state index in [0.29, 0.717) is 0 Å². The highest BCUT2D eigenvalue weighted by Gasteiger charge is 2.08. The van der Waals surface area contributed by atoms with Gasteiger partial charge in [-0.2, -0.15) is 0 Å². The number of aromatic nitrogens is 1. The fourth-order valence-corrected chi connectivity index (χ4v) is 3.57. The van der Waals surface area contributed by atoms with E-state index < -0.39 is 0 Å². The first-order valence-electron chi connectivity index (χ1n) is 7.32. The fourth-order valence-electron chi connectivity index (χ4n) is 2.32. The van der Waals surface area contributed by atoms with Crippen molar-refractivity contribution in [2.75, 3.05) is 5.75 Å². The van der Waals surface area contributed by atoms with E-state index in [1.807, 2.05) is 48.2 Å². The van der Waals surface area contributed by atoms with Crippen LogP contribution in [0.25, 0.3) is 22.5 Å². The van der Waals surface area contributed by atoms with Crippen LogP contribution in [0.15, 0.2) is 70.0 Å². The summed E-state index contributed by atoms with van der Waals surface area (Å²) in [6.07, 6.45) is 0. The van der Waals surface area contributed by atoms with E-state index in [-0.39, 0.29) is 0 Å². The van der Waals surface area contributed by atoms with Gasteiger partial charge in [0, 0.05) is 25.5 Å². The Hall–Kier alpha value is -1.29. The van der Waals surface area contributed by atoms with Crippen molar-refractivity contribution < 1.29 is 0 Å². The summed E-state index contributed by atoms with van der Waals surface area (Å²) in [6.45, 7) is 2.16. The van der Waals surface area contributed by atoms with E-state index in [2.05, 4.69) is 47.1 Å². The predicted molar refractivity (Wildman–Crippen MR) is 104 cm³/mol. The molecule has 0 atom stereocenters. The molecule has 3 rings (SSSR count). The zero-order valence-corrected chi connectivity index (χ0v) is 15.8. The molecule has 0 fully saturated rings. The maximum atomic E-state index is 5.99. The Morgan fingerprint density at radius 3 is 2.30 bits per heavy atom. The van der Waals surface area contributed by atoms with Gasteiger partial charge in [-0.3, -0.25) is 0 Å². The molecule has 3 aromatic rings. The topological polar surface area (TPSA) is 12.9 Å². The van der Waals surface area contributed by atoms with Crippen molar-refractivity contribution in [3.05, 3.63) is 70.2 Å². The quantitative estimate of drug-likeness (QED) is 0.437. The van der Waals surface area contributed by atoms with Gasteiger partial charge >= 0.3 is 0 Å². The molecule has 0 radical (unpaired) electrons. The Morgan fingerprint density at radius 2 is 1.65 bits per heavy atom. The number of benzene rings is 2. The highest BCUT2D eigenvalue weighted by molar-refractivity contribution is 9.10. The second kappa shape index (κ2) is 7.52. The van der Waals surface area contributed by atoms with Gasteiger partial charge in [0.25, 0.3) is 0 Å². The number of rotatable bonds is 4. The molecule has 0 saturated carbocycles. The zero-order chi connectivity index (χ0) is 16.2. The van der Waals surface area contributed by atoms with Gasteiger partial charge in [-0.05, 0) is 42.2 Å². The number of hydrogen-bond donors (Lipinski definition) is 0. The van der Waals surface area contributed by atoms with Crippen LogP contribution in [0, 0.1) is 0 Å². The first-order chi connectivity index (χ1) is 11.2. The monoisotopic (exact) mass is 403 g/mol. The van der Waals surface area contributed by atoms with Crippen LogP contribution in [0.5, 0.6) is 0 Å². The average molecular weight is 405 g/mol. The van der Waals surface area contributed by atoms with Crippen molar-refractivity contribution in [3.63, 3.8) is 0 Å². The second-order valence-electron chi connectivity index (χ2n) is 5.02. The third-order valence-corrected chi connectivity index (χ3v) is 4.97. The third-order valence-electron chi connectivity index (χ3n) is 3.37. The molecule has 1 aromatic heterocycles. The third kappa shape index (κ3) is 4.17. The molecule has 0 bridgehead atoms. The van der Waals surface area contributed by atoms with Gasteiger partial charge in [-0.1, -0.05) is 58.7 Å². The van der Waals surface area contributed by atoms with Crippen molar-refractivity contribution in [2.24, 2.45) is 0 Å². The summed E-state index contributed by atoms with van der Waals surface area (Å²) in [4.78, 5) is 6.07. The van der Waals surface area contributed by atoms with Crippen LogP contribution in [-0.4, -0.2) is 10.7 Å². The normalized spacial score (nSPS) is 10.7. The van der Waals surface area contributed by atoms with Crippen molar-refractivity contribution in [2.45, 2.75) is 11.8 Å². The minimum Gasteiger partial charge on any atom is -0.248 e. The van der Waals surface area contributed by atoms with E-state index in [1.165, 1.54) is 4.90 Å². The number of pyridine rings is 1. The molecule has 0 saturated heterocycles. The molecule has 2 aromatic carbocycles. The first-order valence-corrected chi connectivity index (χ1v) is 9.48. The van der Waals surface area contributed by atoms with Gasteiger partial charge in [0.05, 0.1) is 11.4 Å². The van der Waals surface area contributed by atoms with Crippen LogP contribution in [0.2, 0.25) is 5.02 Å². The van der Waals surface area contributed by atoms with E-state index in [0.717, 1.165) is 37.8 Å². The molecule has 0 spiro atoms. The second-order valence-corrected chi connectivity index (χ2v) is 7.71. The smallest absolute Gasteiger partial charge is 0.0721 e. The van der Waals surface area contributed by atoms with Crippen molar-refractivity contribution in [3.8, 4) is 22.5 Å². The Morgan fingerprint density at radius 1 is 0.957 bits per heavy atom. The van der Waals surface area contributed by atoms with E-state index in [4.69, 9.17) is 16.6 Å². The Bertz CT molecular complexity index is 818. The molecule has 0 aliphatic rings. The fraction of sp³-hybridized carbons (Fsp3) is 0.105. The van der Waals surface area contributed by atoms with Gasteiger partial charge in [-0.25, -0.2) is 4.98 Å². The Balaban J connectivity index is 2.11. The van der Waals surface area contributed by atoms with Crippen LogP contribution in [0.1, 0.15) is 6.92 Å². The Kier molecular flexibility index (Phi) is 5.42. The van der Waals surface area contributed by atoms with Crippen LogP contribution < -0.4 is 0 Å². The molecule has 0 amide bonds. The number of hydrogen-bond acceptors (Lipinski definition) is 2. The van der Waals surface area contributed by atoms with Crippen LogP contribution >= 0.6 is 39.3 Å². The van der Waals surface area contributed by atoms with Gasteiger partial charge in [0.2, 0.25) is 0 Å². The molecular formula is C19H15BrClNS. The van der Waals surface area contributed by atoms with Crippen molar-refractivity contribution in [1.29, 1.82) is 0 Å². The van der Waals surface area contributed by atoms with Gasteiger partial charge in [0.15, 0.2) is 0 Å². The summed E-state index contributed by atoms with van der Waals surface area (Å²) < 4.78 is 1.05. The molecule has 23 heavy (non-hydrogen) atoms. The van der Waals surface area contributed by atoms with Crippen LogP contribution in [-0.2, 0) is 0 Å². The molecule has 0 N–H and O–H groups in total. The van der Waals surface area contributed by atoms with Crippen LogP contribution in [0.4, 0.5) is 0 Å². The highest BCUT2D eigenvalue weighted by atomic mass is 79.9. The minimum absolute atomic E-state index is 0.736. The SMILES string of the molecule is CCSc1cc(-c2ccc(Cl)cc2)nc(-c2cccc(Br)c2)c1. The van der Waals surface area contributed by atoms with E-state index in [9.17, 15) is 0 Å². The summed E-state index contributed by atoms with van der Waals surface area (Å²) in [5, 5.41) is 0.736. The number of thioether (sulfide) groups is 1. The lowest BCUT2D eigenvalue weighted by Gasteiger charge is -2.09. The molecular weight excluding hydrogens is 390 g/mol. The maximum Gasteiger partial charge on any atom is 0.0721 e. The summed E-state index contributed by atoms with van der Waals surface area (Å²) in [6, 6.07) is 20.3. The molecule has 0 aliphatic heterocycles. The molecule has 0 aliphatic carbocycles. The summed E-state index contributed by atoms with van der Waals surface area (Å²) in [7, 11) is 0. The maximum absolute atomic E-state index is 5.99. The van der Waals surface area contributed by atoms with Gasteiger partial charge in [0.1, 0.15) is 0 Å². The Labute approximate surface area is 154 Å². The first kappa shape index (κ1) is 16.6. The summed E-state index contributed by atoms with van der Waals surface area (Å²) >= 11 is 11.3. The largest absolute Gasteiger partial charge is 0.248 e. The predicted octanol–water partition coefficient (Wildman–Crippen LogP) is 6.94. The summed E-state index contributed by atoms with van der Waals surface area (Å²) in [5.74, 6) is 1.03. The molecule has 1 nitrogen and oxygen atoms in total. The highest BCUT2D eigenvalue weighted by Crippen LogP contribution is 2.31. The van der Waals surface area contributed by atoms with Gasteiger partial charge in [-0.15, -0.1) is 11.8 Å². The molecule has 0 unspecified atom stereocenters. The van der Waals surface area contributed by atoms with E-state index >= 15 is 0 Å². The minimum atomic E-state index is 0.736. The number of halogens is 2. The lowest BCUT2D eigenvalue weighted by molar-refractivity contribution is 1.26. The molecule has 116 valence electrons. The summed E-state index contributed by atoms with van der Waals surface area (Å²) in [5.41, 5.74) is 4.13. The van der Waals surface area contributed by atoms with Crippen molar-refractivity contribution in [1.82, 2.24) is 4.98 Å². The average Bonchev–Trinajstić information content (AvgIpc) is 2.55. The zero-order valence-electron chi connectivity index (χ0n) is 12.6. The van der Waals surface area contributed by atoms with E-state index in [1.54, 1.807) is 0 Å². The van der Waals surface area contributed by atoms with Crippen molar-refractivity contribution >= 4 is 39.3 Å². The lowest BCUT2D eigenvalue weighted by Crippen LogP contribution is -1.90. The standard InChI is InChI=1S/C19H15BrClNS/c1-2-23-17-11-18(13-6-8-16(21)9-7-13)22-19(12-17)14-4-3-5-15(20)10-14/h3-12H,2H2,1H3. The molecule has 1 heterocycles. The molecule has 4 heteroatoms. The van der Waals surface area contributed by atoms with Crippen LogP contribution in [0.3, 0.4) is 0 Å². The van der Waals surface area contributed by atoms with Gasteiger partial charge < -0.3 is 0 Å².